The van der Waals surface area contributed by atoms with E-state index in [4.69, 9.17) is 0 Å². The van der Waals surface area contributed by atoms with Gasteiger partial charge in [-0.05, 0) is 50.3 Å². The second-order valence-electron chi connectivity index (χ2n) is 9.75. The van der Waals surface area contributed by atoms with Gasteiger partial charge in [-0.15, -0.1) is 0 Å². The van der Waals surface area contributed by atoms with Crippen molar-refractivity contribution in [3.8, 4) is 5.75 Å². The molecule has 2 N–H and O–H groups in total. The van der Waals surface area contributed by atoms with Gasteiger partial charge >= 0.3 is 0 Å². The van der Waals surface area contributed by atoms with Crippen LogP contribution >= 0.6 is 0 Å². The molecule has 2 aliphatic rings. The summed E-state index contributed by atoms with van der Waals surface area (Å²) < 4.78 is 0. The maximum Gasteiger partial charge on any atom is 0.225 e. The molecule has 7 heteroatoms. The van der Waals surface area contributed by atoms with Crippen LogP contribution in [0.4, 0.5) is 5.82 Å². The minimum Gasteiger partial charge on any atom is -0.506 e. The number of pyridine rings is 1. The molecular formula is C27H38N4O3. The summed E-state index contributed by atoms with van der Waals surface area (Å²) in [5, 5.41) is 14.1. The van der Waals surface area contributed by atoms with E-state index >= 15 is 0 Å². The van der Waals surface area contributed by atoms with Crippen LogP contribution in [0.5, 0.6) is 5.75 Å². The second kappa shape index (κ2) is 11.5. The van der Waals surface area contributed by atoms with Crippen LogP contribution in [-0.4, -0.2) is 59.5 Å². The number of carbonyl (C=O) groups excluding carboxylic acids is 2. The predicted octanol–water partition coefficient (Wildman–Crippen LogP) is 4.09. The molecule has 0 saturated carbocycles. The van der Waals surface area contributed by atoms with E-state index in [0.717, 1.165) is 75.9 Å². The molecule has 1 atom stereocenters. The first-order chi connectivity index (χ1) is 16.6. The van der Waals surface area contributed by atoms with Crippen LogP contribution in [0.1, 0.15) is 58.3 Å². The molecule has 1 aromatic carbocycles. The number of aromatic hydroxyl groups is 1. The Morgan fingerprint density at radius 3 is 2.65 bits per heavy atom. The van der Waals surface area contributed by atoms with Crippen LogP contribution in [-0.2, 0) is 9.59 Å². The highest BCUT2D eigenvalue weighted by Crippen LogP contribution is 2.29. The van der Waals surface area contributed by atoms with Gasteiger partial charge in [-0.25, -0.2) is 4.98 Å². The lowest BCUT2D eigenvalue weighted by molar-refractivity contribution is -0.139. The van der Waals surface area contributed by atoms with E-state index < -0.39 is 0 Å². The Kier molecular flexibility index (Phi) is 8.25. The first-order valence-electron chi connectivity index (χ1n) is 13.0. The van der Waals surface area contributed by atoms with E-state index in [0.29, 0.717) is 12.1 Å². The molecule has 0 bridgehead atoms. The molecule has 2 aromatic rings. The normalized spacial score (nSPS) is 19.4. The molecule has 2 saturated heterocycles. The lowest BCUT2D eigenvalue weighted by Gasteiger charge is -2.37. The minimum atomic E-state index is -0.0848. The summed E-state index contributed by atoms with van der Waals surface area (Å²) in [6, 6.07) is 9.38. The Bertz CT molecular complexity index is 987. The summed E-state index contributed by atoms with van der Waals surface area (Å²) in [5.74, 6) is 1.25. The Balaban J connectivity index is 1.27. The number of phenols is 1. The number of amides is 2. The summed E-state index contributed by atoms with van der Waals surface area (Å²) in [6.07, 6.45) is 7.90. The molecule has 0 aliphatic carbocycles. The number of phenolic OH excluding ortho intramolecular Hbond substituents is 1. The van der Waals surface area contributed by atoms with Crippen molar-refractivity contribution in [1.29, 1.82) is 0 Å². The fourth-order valence-electron chi connectivity index (χ4n) is 5.21. The van der Waals surface area contributed by atoms with Gasteiger partial charge in [0, 0.05) is 44.0 Å². The number of likely N-dealkylation sites (tertiary alicyclic amines) is 1. The van der Waals surface area contributed by atoms with Gasteiger partial charge in [-0.2, -0.15) is 0 Å². The first-order valence-corrected chi connectivity index (χ1v) is 13.0. The molecular weight excluding hydrogens is 428 g/mol. The number of rotatable bonds is 8. The largest absolute Gasteiger partial charge is 0.506 e. The molecule has 3 heterocycles. The Hall–Kier alpha value is -2.83. The van der Waals surface area contributed by atoms with Crippen LogP contribution < -0.4 is 10.2 Å². The van der Waals surface area contributed by atoms with Gasteiger partial charge in [0.05, 0.1) is 5.92 Å². The number of hydrogen-bond acceptors (Lipinski definition) is 5. The van der Waals surface area contributed by atoms with Gasteiger partial charge in [-0.3, -0.25) is 9.59 Å². The van der Waals surface area contributed by atoms with E-state index in [-0.39, 0.29) is 29.4 Å². The van der Waals surface area contributed by atoms with Crippen molar-refractivity contribution in [3.63, 3.8) is 0 Å². The number of fused-ring (bicyclic) bond motifs is 1. The number of para-hydroxylation sites is 1. The fourth-order valence-corrected chi connectivity index (χ4v) is 5.21. The van der Waals surface area contributed by atoms with E-state index in [2.05, 4.69) is 22.1 Å². The third kappa shape index (κ3) is 5.80. The number of aromatic nitrogens is 1. The average molecular weight is 467 g/mol. The highest BCUT2D eigenvalue weighted by molar-refractivity contribution is 5.86. The average Bonchev–Trinajstić information content (AvgIpc) is 2.88. The van der Waals surface area contributed by atoms with Crippen LogP contribution in [0.25, 0.3) is 10.9 Å². The SMILES string of the molecule is CCCCCCNC(=O)C1CCCN(C(=O)C2CCN(c3ccc4cccc(O)c4n3)CC2)C1. The number of carbonyl (C=O) groups is 2. The topological polar surface area (TPSA) is 85.8 Å². The van der Waals surface area contributed by atoms with E-state index in [1.807, 2.05) is 29.2 Å². The van der Waals surface area contributed by atoms with Crippen LogP contribution in [0.2, 0.25) is 0 Å². The second-order valence-corrected chi connectivity index (χ2v) is 9.75. The number of benzene rings is 1. The molecule has 1 aromatic heterocycles. The smallest absolute Gasteiger partial charge is 0.225 e. The van der Waals surface area contributed by atoms with Crippen molar-refractivity contribution in [2.45, 2.75) is 58.3 Å². The molecule has 0 radical (unpaired) electrons. The summed E-state index contributed by atoms with van der Waals surface area (Å²) in [4.78, 5) is 34.6. The monoisotopic (exact) mass is 466 g/mol. The van der Waals surface area contributed by atoms with Gasteiger partial charge in [0.15, 0.2) is 0 Å². The third-order valence-corrected chi connectivity index (χ3v) is 7.29. The zero-order valence-electron chi connectivity index (χ0n) is 20.3. The quantitative estimate of drug-likeness (QED) is 0.573. The van der Waals surface area contributed by atoms with E-state index in [1.54, 1.807) is 6.07 Å². The van der Waals surface area contributed by atoms with Crippen molar-refractivity contribution >= 4 is 28.5 Å². The van der Waals surface area contributed by atoms with Gasteiger partial charge in [0.25, 0.3) is 0 Å². The number of nitrogens with one attached hydrogen (secondary N) is 1. The maximum atomic E-state index is 13.2. The van der Waals surface area contributed by atoms with E-state index in [9.17, 15) is 14.7 Å². The Morgan fingerprint density at radius 2 is 1.85 bits per heavy atom. The zero-order chi connectivity index (χ0) is 23.9. The molecule has 184 valence electrons. The lowest BCUT2D eigenvalue weighted by Crippen LogP contribution is -2.49. The summed E-state index contributed by atoms with van der Waals surface area (Å²) >= 11 is 0. The van der Waals surface area contributed by atoms with Crippen molar-refractivity contribution in [1.82, 2.24) is 15.2 Å². The predicted molar refractivity (Wildman–Crippen MR) is 135 cm³/mol. The van der Waals surface area contributed by atoms with Crippen LogP contribution in [0.3, 0.4) is 0 Å². The highest BCUT2D eigenvalue weighted by atomic mass is 16.3. The number of nitrogens with zero attached hydrogens (tertiary/aromatic N) is 3. The number of hydrogen-bond donors (Lipinski definition) is 2. The molecule has 2 aliphatic heterocycles. The molecule has 7 nitrogen and oxygen atoms in total. The third-order valence-electron chi connectivity index (χ3n) is 7.29. The summed E-state index contributed by atoms with van der Waals surface area (Å²) in [7, 11) is 0. The van der Waals surface area contributed by atoms with Crippen molar-refractivity contribution in [3.05, 3.63) is 30.3 Å². The van der Waals surface area contributed by atoms with Gasteiger partial charge in [0.1, 0.15) is 17.1 Å². The standard InChI is InChI=1S/C27H38N4O3/c1-2-3-4-5-15-28-26(33)22-9-7-16-31(19-22)27(34)21-13-17-30(18-14-21)24-12-11-20-8-6-10-23(32)25(20)29-24/h6,8,10-12,21-22,32H,2-5,7,9,13-19H2,1H3,(H,28,33). The van der Waals surface area contributed by atoms with Crippen molar-refractivity contribution in [2.24, 2.45) is 11.8 Å². The maximum absolute atomic E-state index is 13.2. The van der Waals surface area contributed by atoms with Crippen molar-refractivity contribution in [2.75, 3.05) is 37.6 Å². The van der Waals surface area contributed by atoms with E-state index in [1.165, 1.54) is 12.8 Å². The Labute approximate surface area is 202 Å². The number of anilines is 1. The Morgan fingerprint density at radius 1 is 1.03 bits per heavy atom. The molecule has 0 spiro atoms. The molecule has 4 rings (SSSR count). The number of piperidine rings is 2. The van der Waals surface area contributed by atoms with Crippen LogP contribution in [0.15, 0.2) is 30.3 Å². The van der Waals surface area contributed by atoms with Gasteiger partial charge in [0.2, 0.25) is 11.8 Å². The van der Waals surface area contributed by atoms with Crippen LogP contribution in [0, 0.1) is 11.8 Å². The van der Waals surface area contributed by atoms with Crippen molar-refractivity contribution < 1.29 is 14.7 Å². The minimum absolute atomic E-state index is 0.000893. The number of unbranched alkanes of at least 4 members (excludes halogenated alkanes) is 3. The van der Waals surface area contributed by atoms with Gasteiger partial charge < -0.3 is 20.2 Å². The highest BCUT2D eigenvalue weighted by Gasteiger charge is 2.33. The van der Waals surface area contributed by atoms with Gasteiger partial charge in [-0.1, -0.05) is 38.3 Å². The summed E-state index contributed by atoms with van der Waals surface area (Å²) in [6.45, 7) is 5.75. The molecule has 34 heavy (non-hydrogen) atoms. The fraction of sp³-hybridized carbons (Fsp3) is 0.593. The lowest BCUT2D eigenvalue weighted by atomic mass is 9.92. The molecule has 1 unspecified atom stereocenters. The zero-order valence-corrected chi connectivity index (χ0v) is 20.3. The first kappa shape index (κ1) is 24.3. The molecule has 2 amide bonds. The molecule has 2 fully saturated rings. The summed E-state index contributed by atoms with van der Waals surface area (Å²) in [5.41, 5.74) is 0.612.